The van der Waals surface area contributed by atoms with Gasteiger partial charge in [-0.15, -0.1) is 0 Å². The second-order valence-electron chi connectivity index (χ2n) is 5.09. The number of hydrogen-bond acceptors (Lipinski definition) is 3. The molecule has 116 valence electrons. The van der Waals surface area contributed by atoms with Crippen LogP contribution in [-0.2, 0) is 16.0 Å². The van der Waals surface area contributed by atoms with Crippen LogP contribution in [0, 0.1) is 0 Å². The standard InChI is InChI=1S/C19H15ClO3/c1-22-19(21)12-13-6-8-14(9-7-13)23-18-11-10-17(20)15-4-2-3-5-16(15)18/h2-11H,12H2,1H3. The van der Waals surface area contributed by atoms with Crippen LogP contribution in [-0.4, -0.2) is 13.1 Å². The van der Waals surface area contributed by atoms with Crippen LogP contribution in [0.15, 0.2) is 60.7 Å². The fourth-order valence-electron chi connectivity index (χ4n) is 2.36. The van der Waals surface area contributed by atoms with Crippen molar-refractivity contribution in [2.24, 2.45) is 0 Å². The van der Waals surface area contributed by atoms with Gasteiger partial charge < -0.3 is 9.47 Å². The highest BCUT2D eigenvalue weighted by Gasteiger charge is 2.07. The zero-order chi connectivity index (χ0) is 16.2. The van der Waals surface area contributed by atoms with Crippen LogP contribution in [0.4, 0.5) is 0 Å². The number of carbonyl (C=O) groups is 1. The summed E-state index contributed by atoms with van der Waals surface area (Å²) in [7, 11) is 1.38. The molecule has 3 nitrogen and oxygen atoms in total. The summed E-state index contributed by atoms with van der Waals surface area (Å²) in [5.74, 6) is 1.18. The molecule has 0 N–H and O–H groups in total. The van der Waals surface area contributed by atoms with E-state index in [-0.39, 0.29) is 12.4 Å². The van der Waals surface area contributed by atoms with Crippen molar-refractivity contribution in [3.8, 4) is 11.5 Å². The number of benzene rings is 3. The second kappa shape index (κ2) is 6.71. The van der Waals surface area contributed by atoms with Crippen molar-refractivity contribution in [2.45, 2.75) is 6.42 Å². The van der Waals surface area contributed by atoms with Gasteiger partial charge in [-0.2, -0.15) is 0 Å². The largest absolute Gasteiger partial charge is 0.469 e. The summed E-state index contributed by atoms with van der Waals surface area (Å²) >= 11 is 6.22. The molecule has 0 aliphatic carbocycles. The Hall–Kier alpha value is -2.52. The molecule has 0 aliphatic heterocycles. The lowest BCUT2D eigenvalue weighted by atomic mass is 10.1. The van der Waals surface area contributed by atoms with E-state index in [2.05, 4.69) is 4.74 Å². The minimum atomic E-state index is -0.262. The average molecular weight is 327 g/mol. The molecule has 0 aromatic heterocycles. The summed E-state index contributed by atoms with van der Waals surface area (Å²) < 4.78 is 10.6. The van der Waals surface area contributed by atoms with Gasteiger partial charge in [0.2, 0.25) is 0 Å². The van der Waals surface area contributed by atoms with Gasteiger partial charge >= 0.3 is 5.97 Å². The Kier molecular flexibility index (Phi) is 4.49. The van der Waals surface area contributed by atoms with Crippen LogP contribution in [0.5, 0.6) is 11.5 Å². The third-order valence-electron chi connectivity index (χ3n) is 3.56. The fourth-order valence-corrected chi connectivity index (χ4v) is 2.59. The monoisotopic (exact) mass is 326 g/mol. The predicted molar refractivity (Wildman–Crippen MR) is 91.2 cm³/mol. The lowest BCUT2D eigenvalue weighted by molar-refractivity contribution is -0.139. The quantitative estimate of drug-likeness (QED) is 0.633. The lowest BCUT2D eigenvalue weighted by Gasteiger charge is -2.10. The molecule has 0 bridgehead atoms. The minimum Gasteiger partial charge on any atom is -0.469 e. The van der Waals surface area contributed by atoms with Gasteiger partial charge in [0.25, 0.3) is 0 Å². The smallest absolute Gasteiger partial charge is 0.309 e. The molecule has 0 saturated carbocycles. The first-order valence-electron chi connectivity index (χ1n) is 7.18. The average Bonchev–Trinajstić information content (AvgIpc) is 2.59. The van der Waals surface area contributed by atoms with E-state index in [4.69, 9.17) is 16.3 Å². The van der Waals surface area contributed by atoms with Crippen molar-refractivity contribution >= 4 is 28.3 Å². The van der Waals surface area contributed by atoms with E-state index in [0.717, 1.165) is 22.1 Å². The third kappa shape index (κ3) is 3.46. The highest BCUT2D eigenvalue weighted by molar-refractivity contribution is 6.35. The van der Waals surface area contributed by atoms with E-state index in [1.54, 1.807) is 0 Å². The molecule has 23 heavy (non-hydrogen) atoms. The Morgan fingerprint density at radius 3 is 2.35 bits per heavy atom. The number of hydrogen-bond donors (Lipinski definition) is 0. The fraction of sp³-hybridized carbons (Fsp3) is 0.105. The normalized spacial score (nSPS) is 10.5. The zero-order valence-corrected chi connectivity index (χ0v) is 13.3. The number of rotatable bonds is 4. The topological polar surface area (TPSA) is 35.5 Å². The Morgan fingerprint density at radius 2 is 1.65 bits per heavy atom. The van der Waals surface area contributed by atoms with Gasteiger partial charge in [0.15, 0.2) is 0 Å². The molecule has 3 rings (SSSR count). The summed E-state index contributed by atoms with van der Waals surface area (Å²) in [6.07, 6.45) is 0.251. The second-order valence-corrected chi connectivity index (χ2v) is 5.50. The molecule has 0 fully saturated rings. The van der Waals surface area contributed by atoms with Gasteiger partial charge in [-0.1, -0.05) is 48.0 Å². The molecule has 0 heterocycles. The van der Waals surface area contributed by atoms with Crippen LogP contribution in [0.3, 0.4) is 0 Å². The highest BCUT2D eigenvalue weighted by Crippen LogP contribution is 2.34. The molecule has 0 spiro atoms. The van der Waals surface area contributed by atoms with Gasteiger partial charge in [0.1, 0.15) is 11.5 Å². The van der Waals surface area contributed by atoms with Crippen LogP contribution < -0.4 is 4.74 Å². The maximum atomic E-state index is 11.3. The van der Waals surface area contributed by atoms with Gasteiger partial charge in [0.05, 0.1) is 13.5 Å². The molecule has 0 unspecified atom stereocenters. The Bertz CT molecular complexity index is 841. The number of fused-ring (bicyclic) bond motifs is 1. The summed E-state index contributed by atoms with van der Waals surface area (Å²) in [5, 5.41) is 2.61. The van der Waals surface area contributed by atoms with Crippen LogP contribution in [0.1, 0.15) is 5.56 Å². The third-order valence-corrected chi connectivity index (χ3v) is 3.89. The van der Waals surface area contributed by atoms with E-state index in [9.17, 15) is 4.79 Å². The van der Waals surface area contributed by atoms with Crippen molar-refractivity contribution in [3.05, 3.63) is 71.2 Å². The van der Waals surface area contributed by atoms with Gasteiger partial charge in [-0.05, 0) is 29.8 Å². The molecule has 4 heteroatoms. The number of ether oxygens (including phenoxy) is 2. The van der Waals surface area contributed by atoms with Crippen LogP contribution in [0.2, 0.25) is 5.02 Å². The van der Waals surface area contributed by atoms with E-state index >= 15 is 0 Å². The molecule has 0 radical (unpaired) electrons. The lowest BCUT2D eigenvalue weighted by Crippen LogP contribution is -2.04. The van der Waals surface area contributed by atoms with Gasteiger partial charge in [-0.25, -0.2) is 0 Å². The first-order chi connectivity index (χ1) is 11.2. The predicted octanol–water partition coefficient (Wildman–Crippen LogP) is 5.00. The molecule has 0 amide bonds. The van der Waals surface area contributed by atoms with Crippen molar-refractivity contribution in [2.75, 3.05) is 7.11 Å². The van der Waals surface area contributed by atoms with E-state index in [1.165, 1.54) is 7.11 Å². The van der Waals surface area contributed by atoms with Gasteiger partial charge in [-0.3, -0.25) is 4.79 Å². The van der Waals surface area contributed by atoms with Crippen LogP contribution >= 0.6 is 11.6 Å². The SMILES string of the molecule is COC(=O)Cc1ccc(Oc2ccc(Cl)c3ccccc23)cc1. The Labute approximate surface area is 139 Å². The molecular weight excluding hydrogens is 312 g/mol. The zero-order valence-electron chi connectivity index (χ0n) is 12.6. The minimum absolute atomic E-state index is 0.251. The summed E-state index contributed by atoms with van der Waals surface area (Å²) in [5.41, 5.74) is 0.880. The van der Waals surface area contributed by atoms with Crippen molar-refractivity contribution in [1.82, 2.24) is 0 Å². The molecule has 3 aromatic rings. The first kappa shape index (κ1) is 15.4. The van der Waals surface area contributed by atoms with E-state index < -0.39 is 0 Å². The van der Waals surface area contributed by atoms with E-state index in [0.29, 0.717) is 10.8 Å². The maximum Gasteiger partial charge on any atom is 0.309 e. The number of esters is 1. The van der Waals surface area contributed by atoms with Crippen molar-refractivity contribution in [3.63, 3.8) is 0 Å². The maximum absolute atomic E-state index is 11.3. The highest BCUT2D eigenvalue weighted by atomic mass is 35.5. The Balaban J connectivity index is 1.85. The van der Waals surface area contributed by atoms with E-state index in [1.807, 2.05) is 60.7 Å². The molecule has 0 atom stereocenters. The van der Waals surface area contributed by atoms with Crippen molar-refractivity contribution in [1.29, 1.82) is 0 Å². The van der Waals surface area contributed by atoms with Crippen molar-refractivity contribution < 1.29 is 14.3 Å². The summed E-state index contributed by atoms with van der Waals surface area (Å²) in [6, 6.07) is 18.9. The summed E-state index contributed by atoms with van der Waals surface area (Å²) in [6.45, 7) is 0. The molecule has 0 aliphatic rings. The number of halogens is 1. The summed E-state index contributed by atoms with van der Waals surface area (Å²) in [4.78, 5) is 11.3. The Morgan fingerprint density at radius 1 is 0.957 bits per heavy atom. The van der Waals surface area contributed by atoms with Gasteiger partial charge in [0, 0.05) is 15.8 Å². The molecule has 0 saturated heterocycles. The number of carbonyl (C=O) groups excluding carboxylic acids is 1. The number of methoxy groups -OCH3 is 1. The first-order valence-corrected chi connectivity index (χ1v) is 7.56. The van der Waals surface area contributed by atoms with Crippen LogP contribution in [0.25, 0.3) is 10.8 Å². The molecular formula is C19H15ClO3. The molecule has 3 aromatic carbocycles.